The fourth-order valence-corrected chi connectivity index (χ4v) is 2.24. The third kappa shape index (κ3) is 1.47. The minimum Gasteiger partial charge on any atom is -0.743 e. The highest BCUT2D eigenvalue weighted by atomic mass is 32.2. The number of rotatable bonds is 1. The van der Waals surface area contributed by atoms with E-state index in [-0.39, 0.29) is 5.03 Å². The first-order valence-electron chi connectivity index (χ1n) is 4.09. The first-order chi connectivity index (χ1) is 6.09. The maximum absolute atomic E-state index is 10.7. The maximum atomic E-state index is 10.7. The first-order valence-corrected chi connectivity index (χ1v) is 5.50. The molecule has 0 saturated carbocycles. The normalized spacial score (nSPS) is 17.0. The molecule has 6 heteroatoms. The van der Waals surface area contributed by atoms with Gasteiger partial charge in [-0.05, 0) is 12.8 Å². The third-order valence-corrected chi connectivity index (χ3v) is 3.03. The van der Waals surface area contributed by atoms with Crippen LogP contribution in [0.1, 0.15) is 18.7 Å². The van der Waals surface area contributed by atoms with E-state index in [1.165, 1.54) is 4.57 Å². The van der Waals surface area contributed by atoms with E-state index in [1.54, 1.807) is 0 Å². The van der Waals surface area contributed by atoms with Gasteiger partial charge in [-0.25, -0.2) is 13.4 Å². The fourth-order valence-electron chi connectivity index (χ4n) is 1.59. The van der Waals surface area contributed by atoms with Crippen molar-refractivity contribution in [3.05, 3.63) is 12.0 Å². The quantitative estimate of drug-likeness (QED) is 0.605. The lowest BCUT2D eigenvalue weighted by atomic mass is 10.2. The summed E-state index contributed by atoms with van der Waals surface area (Å²) in [6, 6.07) is 0. The van der Waals surface area contributed by atoms with Crippen molar-refractivity contribution < 1.29 is 13.0 Å². The van der Waals surface area contributed by atoms with Crippen LogP contribution >= 0.6 is 0 Å². The van der Waals surface area contributed by atoms with Gasteiger partial charge in [0.25, 0.3) is 0 Å². The number of fused-ring (bicyclic) bond motifs is 1. The number of aromatic nitrogens is 2. The Morgan fingerprint density at radius 3 is 2.92 bits per heavy atom. The van der Waals surface area contributed by atoms with E-state index in [0.717, 1.165) is 25.5 Å². The molecule has 2 heterocycles. The SMILES string of the molecule is O=S(=O)([O-])c1cnc2n1CCCC2. The molecule has 2 rings (SSSR count). The van der Waals surface area contributed by atoms with Crippen molar-refractivity contribution in [3.8, 4) is 0 Å². The van der Waals surface area contributed by atoms with Crippen LogP contribution in [0.4, 0.5) is 0 Å². The van der Waals surface area contributed by atoms with Crippen LogP contribution in [0, 0.1) is 0 Å². The van der Waals surface area contributed by atoms with Gasteiger partial charge in [-0.2, -0.15) is 0 Å². The number of aryl methyl sites for hydroxylation is 1. The summed E-state index contributed by atoms with van der Waals surface area (Å²) in [4.78, 5) is 3.91. The van der Waals surface area contributed by atoms with Crippen LogP contribution < -0.4 is 0 Å². The predicted molar refractivity (Wildman–Crippen MR) is 43.1 cm³/mol. The zero-order valence-electron chi connectivity index (χ0n) is 6.93. The molecule has 0 N–H and O–H groups in total. The lowest BCUT2D eigenvalue weighted by molar-refractivity contribution is 0.436. The summed E-state index contributed by atoms with van der Waals surface area (Å²) >= 11 is 0. The Morgan fingerprint density at radius 2 is 2.23 bits per heavy atom. The molecule has 5 nitrogen and oxygen atoms in total. The van der Waals surface area contributed by atoms with Crippen LogP contribution in [0.25, 0.3) is 0 Å². The Balaban J connectivity index is 2.55. The number of hydrogen-bond acceptors (Lipinski definition) is 4. The Hall–Kier alpha value is -0.880. The molecule has 1 aromatic heterocycles. The molecule has 0 spiro atoms. The molecule has 0 aromatic carbocycles. The first kappa shape index (κ1) is 8.71. The van der Waals surface area contributed by atoms with E-state index in [2.05, 4.69) is 4.98 Å². The average molecular weight is 201 g/mol. The highest BCUT2D eigenvalue weighted by Gasteiger charge is 2.17. The largest absolute Gasteiger partial charge is 0.743 e. The predicted octanol–water partition coefficient (Wildman–Crippen LogP) is 0.124. The Morgan fingerprint density at radius 1 is 1.46 bits per heavy atom. The molecule has 0 atom stereocenters. The van der Waals surface area contributed by atoms with Crippen molar-refractivity contribution in [1.29, 1.82) is 0 Å². The van der Waals surface area contributed by atoms with E-state index in [4.69, 9.17) is 0 Å². The number of nitrogens with zero attached hydrogens (tertiary/aromatic N) is 2. The second-order valence-corrected chi connectivity index (χ2v) is 4.40. The number of hydrogen-bond donors (Lipinski definition) is 0. The standard InChI is InChI=1S/C7H10N2O3S/c10-13(11,12)7-5-8-6-3-1-2-4-9(6)7/h5H,1-4H2,(H,10,11,12)/p-1. The molecule has 0 saturated heterocycles. The summed E-state index contributed by atoms with van der Waals surface area (Å²) < 4.78 is 33.8. The zero-order chi connectivity index (χ0) is 9.47. The van der Waals surface area contributed by atoms with Crippen LogP contribution in [-0.4, -0.2) is 22.5 Å². The maximum Gasteiger partial charge on any atom is 0.142 e. The van der Waals surface area contributed by atoms with Gasteiger partial charge in [0.15, 0.2) is 0 Å². The molecule has 0 radical (unpaired) electrons. The zero-order valence-corrected chi connectivity index (χ0v) is 7.75. The summed E-state index contributed by atoms with van der Waals surface area (Å²) in [5, 5.41) is -0.192. The van der Waals surface area contributed by atoms with Crippen molar-refractivity contribution in [2.24, 2.45) is 0 Å². The topological polar surface area (TPSA) is 75.0 Å². The van der Waals surface area contributed by atoms with E-state index in [1.807, 2.05) is 0 Å². The smallest absolute Gasteiger partial charge is 0.142 e. The van der Waals surface area contributed by atoms with E-state index in [0.29, 0.717) is 12.4 Å². The lowest BCUT2D eigenvalue weighted by Crippen LogP contribution is -2.15. The van der Waals surface area contributed by atoms with Gasteiger partial charge >= 0.3 is 0 Å². The fraction of sp³-hybridized carbons (Fsp3) is 0.571. The van der Waals surface area contributed by atoms with Crippen molar-refractivity contribution in [1.82, 2.24) is 9.55 Å². The van der Waals surface area contributed by atoms with Crippen LogP contribution in [0.3, 0.4) is 0 Å². The molecule has 1 aliphatic rings. The Bertz CT molecular complexity index is 421. The summed E-state index contributed by atoms with van der Waals surface area (Å²) in [5.74, 6) is 0.709. The Labute approximate surface area is 76.2 Å². The molecule has 0 bridgehead atoms. The molecule has 0 amide bonds. The average Bonchev–Trinajstić information content (AvgIpc) is 2.45. The van der Waals surface area contributed by atoms with Gasteiger partial charge in [-0.1, -0.05) is 0 Å². The van der Waals surface area contributed by atoms with E-state index < -0.39 is 10.1 Å². The number of imidazole rings is 1. The molecular formula is C7H9N2O3S-. The second kappa shape index (κ2) is 2.81. The summed E-state index contributed by atoms with van der Waals surface area (Å²) in [6.45, 7) is 0.589. The monoisotopic (exact) mass is 201 g/mol. The van der Waals surface area contributed by atoms with Crippen molar-refractivity contribution in [2.75, 3.05) is 0 Å². The van der Waals surface area contributed by atoms with E-state index >= 15 is 0 Å². The van der Waals surface area contributed by atoms with Crippen molar-refractivity contribution >= 4 is 10.1 Å². The van der Waals surface area contributed by atoms with Gasteiger partial charge in [-0.3, -0.25) is 0 Å². The van der Waals surface area contributed by atoms with Crippen LogP contribution in [0.15, 0.2) is 11.2 Å². The molecule has 0 fully saturated rings. The molecule has 1 aromatic rings. The molecule has 0 unspecified atom stereocenters. The highest BCUT2D eigenvalue weighted by Crippen LogP contribution is 2.18. The van der Waals surface area contributed by atoms with Gasteiger partial charge in [0.1, 0.15) is 21.0 Å². The lowest BCUT2D eigenvalue weighted by Gasteiger charge is -2.17. The van der Waals surface area contributed by atoms with Gasteiger partial charge in [0.05, 0.1) is 6.20 Å². The van der Waals surface area contributed by atoms with Crippen LogP contribution in [-0.2, 0) is 23.1 Å². The Kier molecular flexibility index (Phi) is 1.88. The summed E-state index contributed by atoms with van der Waals surface area (Å²) in [5.41, 5.74) is 0. The minimum atomic E-state index is -4.35. The minimum absolute atomic E-state index is 0.192. The van der Waals surface area contributed by atoms with Gasteiger partial charge in [0, 0.05) is 13.0 Å². The van der Waals surface area contributed by atoms with Crippen LogP contribution in [0.5, 0.6) is 0 Å². The van der Waals surface area contributed by atoms with Crippen molar-refractivity contribution in [3.63, 3.8) is 0 Å². The highest BCUT2D eigenvalue weighted by molar-refractivity contribution is 7.85. The molecule has 13 heavy (non-hydrogen) atoms. The molecular weight excluding hydrogens is 192 g/mol. The van der Waals surface area contributed by atoms with Crippen molar-refractivity contribution in [2.45, 2.75) is 30.8 Å². The van der Waals surface area contributed by atoms with E-state index in [9.17, 15) is 13.0 Å². The van der Waals surface area contributed by atoms with Gasteiger partial charge < -0.3 is 9.12 Å². The third-order valence-electron chi connectivity index (χ3n) is 2.19. The molecule has 0 aliphatic carbocycles. The van der Waals surface area contributed by atoms with Gasteiger partial charge in [-0.15, -0.1) is 0 Å². The summed E-state index contributed by atoms with van der Waals surface area (Å²) in [7, 11) is -4.35. The second-order valence-electron chi connectivity index (χ2n) is 3.08. The molecule has 72 valence electrons. The summed E-state index contributed by atoms with van der Waals surface area (Å²) in [6.07, 6.45) is 3.83. The van der Waals surface area contributed by atoms with Crippen LogP contribution in [0.2, 0.25) is 0 Å². The molecule has 1 aliphatic heterocycles. The van der Waals surface area contributed by atoms with Gasteiger partial charge in [0.2, 0.25) is 0 Å².